The van der Waals surface area contributed by atoms with Crippen molar-refractivity contribution >= 4 is 49.6 Å². The van der Waals surface area contributed by atoms with Gasteiger partial charge in [-0.2, -0.15) is 0 Å². The van der Waals surface area contributed by atoms with E-state index in [9.17, 15) is 4.79 Å². The van der Waals surface area contributed by atoms with Gasteiger partial charge < -0.3 is 4.74 Å². The Balaban J connectivity index is 1.44. The van der Waals surface area contributed by atoms with E-state index in [2.05, 4.69) is 0 Å². The molecule has 0 saturated heterocycles. The van der Waals surface area contributed by atoms with Crippen molar-refractivity contribution in [1.82, 2.24) is 9.97 Å². The Kier molecular flexibility index (Phi) is 6.38. The molecular weight excluding hydrogens is 462 g/mol. The van der Waals surface area contributed by atoms with Crippen molar-refractivity contribution in [3.05, 3.63) is 89.4 Å². The average Bonchev–Trinajstić information content (AvgIpc) is 3.48. The van der Waals surface area contributed by atoms with Crippen molar-refractivity contribution in [1.29, 1.82) is 0 Å². The average molecular weight is 486 g/mol. The quantitative estimate of drug-likeness (QED) is 0.248. The van der Waals surface area contributed by atoms with Crippen LogP contribution in [0.5, 0.6) is 5.75 Å². The number of carbonyl (C=O) groups is 1. The first-order valence-corrected chi connectivity index (χ1v) is 12.7. The number of aromatic nitrogens is 2. The molecule has 0 aliphatic heterocycles. The van der Waals surface area contributed by atoms with Gasteiger partial charge in [0.05, 0.1) is 34.6 Å². The molecule has 0 atom stereocenters. The first kappa shape index (κ1) is 22.3. The van der Waals surface area contributed by atoms with Gasteiger partial charge in [-0.1, -0.05) is 41.7 Å². The molecule has 0 unspecified atom stereocenters. The highest BCUT2D eigenvalue weighted by atomic mass is 32.1. The van der Waals surface area contributed by atoms with Gasteiger partial charge in [0.1, 0.15) is 10.8 Å². The molecule has 5 aromatic rings. The lowest BCUT2D eigenvalue weighted by Crippen LogP contribution is -2.28. The van der Waals surface area contributed by atoms with Crippen LogP contribution in [0, 0.1) is 6.92 Å². The second kappa shape index (κ2) is 9.75. The number of anilines is 2. The predicted molar refractivity (Wildman–Crippen MR) is 140 cm³/mol. The number of hydrogen-bond acceptors (Lipinski definition) is 6. The van der Waals surface area contributed by atoms with Gasteiger partial charge in [0, 0.05) is 10.9 Å². The lowest BCUT2D eigenvalue weighted by atomic mass is 10.1. The molecule has 2 aromatic heterocycles. The van der Waals surface area contributed by atoms with Crippen molar-refractivity contribution in [2.24, 2.45) is 0 Å². The Labute approximate surface area is 206 Å². The fourth-order valence-electron chi connectivity index (χ4n) is 3.73. The summed E-state index contributed by atoms with van der Waals surface area (Å²) in [5, 5.41) is 3.51. The number of nitrogens with zero attached hydrogens (tertiary/aromatic N) is 3. The van der Waals surface area contributed by atoms with Crippen molar-refractivity contribution in [2.45, 2.75) is 20.3 Å². The van der Waals surface area contributed by atoms with Gasteiger partial charge in [-0.25, -0.2) is 9.97 Å². The summed E-state index contributed by atoms with van der Waals surface area (Å²) >= 11 is 3.06. The van der Waals surface area contributed by atoms with Crippen LogP contribution in [0.15, 0.2) is 78.2 Å². The van der Waals surface area contributed by atoms with Gasteiger partial charge in [0.2, 0.25) is 5.91 Å². The molecule has 0 fully saturated rings. The summed E-state index contributed by atoms with van der Waals surface area (Å²) in [5.41, 5.74) is 4.50. The zero-order valence-corrected chi connectivity index (χ0v) is 20.5. The minimum Gasteiger partial charge on any atom is -0.494 e. The number of thiazole rings is 2. The van der Waals surface area contributed by atoms with E-state index in [-0.39, 0.29) is 12.3 Å². The standard InChI is InChI=1S/C27H23N3O2S2/c1-3-32-21-14-12-19(13-15-21)26-28-20(17-33-26)16-25(31)30(23-10-6-4-8-18(23)2)27-29-22-9-5-7-11-24(22)34-27/h4-15,17H,3,16H2,1-2H3. The summed E-state index contributed by atoms with van der Waals surface area (Å²) < 4.78 is 6.58. The first-order valence-electron chi connectivity index (χ1n) is 11.0. The molecule has 0 saturated carbocycles. The van der Waals surface area contributed by atoms with Gasteiger partial charge in [0.25, 0.3) is 0 Å². The lowest BCUT2D eigenvalue weighted by Gasteiger charge is -2.21. The minimum absolute atomic E-state index is 0.0584. The molecule has 0 aliphatic carbocycles. The third-order valence-electron chi connectivity index (χ3n) is 5.38. The van der Waals surface area contributed by atoms with Crippen LogP contribution >= 0.6 is 22.7 Å². The fourth-order valence-corrected chi connectivity index (χ4v) is 5.55. The summed E-state index contributed by atoms with van der Waals surface area (Å²) in [4.78, 5) is 24.9. The number of hydrogen-bond donors (Lipinski definition) is 0. The van der Waals surface area contributed by atoms with Crippen LogP contribution in [0.25, 0.3) is 20.8 Å². The third kappa shape index (κ3) is 4.58. The molecule has 1 amide bonds. The van der Waals surface area contributed by atoms with E-state index in [4.69, 9.17) is 14.7 Å². The normalized spacial score (nSPS) is 11.0. The zero-order chi connectivity index (χ0) is 23.5. The maximum absolute atomic E-state index is 13.6. The van der Waals surface area contributed by atoms with Gasteiger partial charge in [-0.3, -0.25) is 9.69 Å². The van der Waals surface area contributed by atoms with E-state index >= 15 is 0 Å². The Morgan fingerprint density at radius 1 is 0.971 bits per heavy atom. The molecule has 0 N–H and O–H groups in total. The lowest BCUT2D eigenvalue weighted by molar-refractivity contribution is -0.117. The van der Waals surface area contributed by atoms with Gasteiger partial charge in [-0.15, -0.1) is 11.3 Å². The van der Waals surface area contributed by atoms with Gasteiger partial charge in [0.15, 0.2) is 5.13 Å². The minimum atomic E-state index is -0.0584. The second-order valence-electron chi connectivity index (χ2n) is 7.76. The first-order chi connectivity index (χ1) is 16.6. The highest BCUT2D eigenvalue weighted by Crippen LogP contribution is 2.35. The van der Waals surface area contributed by atoms with E-state index in [0.29, 0.717) is 11.7 Å². The van der Waals surface area contributed by atoms with Crippen LogP contribution in [0.1, 0.15) is 18.2 Å². The van der Waals surface area contributed by atoms with Crippen molar-refractivity contribution < 1.29 is 9.53 Å². The summed E-state index contributed by atoms with van der Waals surface area (Å²) in [6.45, 7) is 4.61. The summed E-state index contributed by atoms with van der Waals surface area (Å²) in [7, 11) is 0. The summed E-state index contributed by atoms with van der Waals surface area (Å²) in [6.07, 6.45) is 0.192. The van der Waals surface area contributed by atoms with Crippen molar-refractivity contribution in [3.8, 4) is 16.3 Å². The van der Waals surface area contributed by atoms with Gasteiger partial charge in [-0.05, 0) is 61.9 Å². The molecule has 5 nitrogen and oxygen atoms in total. The van der Waals surface area contributed by atoms with Crippen molar-refractivity contribution in [3.63, 3.8) is 0 Å². The molecule has 0 radical (unpaired) electrons. The van der Waals surface area contributed by atoms with Crippen LogP contribution in [-0.2, 0) is 11.2 Å². The van der Waals surface area contributed by atoms with E-state index in [1.807, 2.05) is 92.0 Å². The topological polar surface area (TPSA) is 55.3 Å². The van der Waals surface area contributed by atoms with Crippen molar-refractivity contribution in [2.75, 3.05) is 11.5 Å². The molecular formula is C27H23N3O2S2. The number of ether oxygens (including phenoxy) is 1. The number of aryl methyl sites for hydroxylation is 1. The molecule has 5 rings (SSSR count). The highest BCUT2D eigenvalue weighted by Gasteiger charge is 2.24. The Bertz CT molecular complexity index is 1410. The molecule has 0 aliphatic rings. The number of rotatable bonds is 7. The molecule has 0 spiro atoms. The Morgan fingerprint density at radius 3 is 2.50 bits per heavy atom. The number of para-hydroxylation sites is 2. The second-order valence-corrected chi connectivity index (χ2v) is 9.63. The number of benzene rings is 3. The fraction of sp³-hybridized carbons (Fsp3) is 0.148. The van der Waals surface area contributed by atoms with Crippen LogP contribution in [0.3, 0.4) is 0 Å². The highest BCUT2D eigenvalue weighted by molar-refractivity contribution is 7.22. The third-order valence-corrected chi connectivity index (χ3v) is 7.34. The Morgan fingerprint density at radius 2 is 1.74 bits per heavy atom. The molecule has 170 valence electrons. The molecule has 3 aromatic carbocycles. The smallest absolute Gasteiger partial charge is 0.239 e. The van der Waals surface area contributed by atoms with Crippen LogP contribution in [0.4, 0.5) is 10.8 Å². The maximum atomic E-state index is 13.6. The number of fused-ring (bicyclic) bond motifs is 1. The zero-order valence-electron chi connectivity index (χ0n) is 18.9. The van der Waals surface area contributed by atoms with E-state index in [1.54, 1.807) is 4.90 Å². The molecule has 2 heterocycles. The molecule has 34 heavy (non-hydrogen) atoms. The summed E-state index contributed by atoms with van der Waals surface area (Å²) in [6, 6.07) is 23.7. The molecule has 0 bridgehead atoms. The predicted octanol–water partition coefficient (Wildman–Crippen LogP) is 7.03. The van der Waals surface area contributed by atoms with E-state index < -0.39 is 0 Å². The Hall–Kier alpha value is -3.55. The molecule has 7 heteroatoms. The summed E-state index contributed by atoms with van der Waals surface area (Å²) in [5.74, 6) is 0.778. The van der Waals surface area contributed by atoms with E-state index in [0.717, 1.165) is 43.5 Å². The largest absolute Gasteiger partial charge is 0.494 e. The number of carbonyl (C=O) groups excluding carboxylic acids is 1. The monoisotopic (exact) mass is 485 g/mol. The SMILES string of the molecule is CCOc1ccc(-c2nc(CC(=O)N(c3nc4ccccc4s3)c3ccccc3C)cs2)cc1. The maximum Gasteiger partial charge on any atom is 0.239 e. The van der Waals surface area contributed by atoms with Crippen LogP contribution < -0.4 is 9.64 Å². The van der Waals surface area contributed by atoms with Crippen LogP contribution in [-0.4, -0.2) is 22.5 Å². The van der Waals surface area contributed by atoms with Gasteiger partial charge >= 0.3 is 0 Å². The van der Waals surface area contributed by atoms with E-state index in [1.165, 1.54) is 22.7 Å². The van der Waals surface area contributed by atoms with Crippen LogP contribution in [0.2, 0.25) is 0 Å². The number of amides is 1.